The number of aromatic nitrogens is 1. The SMILES string of the molecule is CCc1cccnc1CN(CCCOC(=O)C(F)(F)F)C(=O)C(F)(F)F. The number of ether oxygens (including phenoxy) is 1. The van der Waals surface area contributed by atoms with Gasteiger partial charge in [0.25, 0.3) is 0 Å². The molecule has 0 saturated heterocycles. The van der Waals surface area contributed by atoms with Gasteiger partial charge in [-0.3, -0.25) is 9.78 Å². The number of hydrogen-bond donors (Lipinski definition) is 0. The second-order valence-corrected chi connectivity index (χ2v) is 5.17. The molecule has 0 fully saturated rings. The quantitative estimate of drug-likeness (QED) is 0.411. The van der Waals surface area contributed by atoms with Crippen molar-refractivity contribution in [2.24, 2.45) is 0 Å². The third-order valence-corrected chi connectivity index (χ3v) is 3.27. The molecule has 0 saturated carbocycles. The Morgan fingerprint density at radius 2 is 1.81 bits per heavy atom. The van der Waals surface area contributed by atoms with Gasteiger partial charge >= 0.3 is 24.2 Å². The second kappa shape index (κ2) is 8.86. The first-order valence-electron chi connectivity index (χ1n) is 7.49. The second-order valence-electron chi connectivity index (χ2n) is 5.17. The third kappa shape index (κ3) is 6.52. The number of hydrogen-bond acceptors (Lipinski definition) is 4. The number of alkyl halides is 6. The highest BCUT2D eigenvalue weighted by Gasteiger charge is 2.43. The van der Waals surface area contributed by atoms with E-state index in [2.05, 4.69) is 9.72 Å². The molecule has 5 nitrogen and oxygen atoms in total. The average molecular weight is 386 g/mol. The van der Waals surface area contributed by atoms with E-state index in [0.29, 0.717) is 16.9 Å². The zero-order chi connectivity index (χ0) is 20.0. The summed E-state index contributed by atoms with van der Waals surface area (Å²) in [6.45, 7) is -0.0331. The normalized spacial score (nSPS) is 12.0. The van der Waals surface area contributed by atoms with E-state index in [1.54, 1.807) is 19.1 Å². The van der Waals surface area contributed by atoms with Crippen molar-refractivity contribution in [1.82, 2.24) is 9.88 Å². The fourth-order valence-electron chi connectivity index (χ4n) is 2.05. The number of rotatable bonds is 7. The number of pyridine rings is 1. The molecule has 0 N–H and O–H groups in total. The Bertz CT molecular complexity index is 631. The average Bonchev–Trinajstić information content (AvgIpc) is 2.55. The molecule has 1 heterocycles. The van der Waals surface area contributed by atoms with Crippen molar-refractivity contribution in [2.45, 2.75) is 38.7 Å². The van der Waals surface area contributed by atoms with Crippen molar-refractivity contribution >= 4 is 11.9 Å². The molecular weight excluding hydrogens is 370 g/mol. The van der Waals surface area contributed by atoms with Gasteiger partial charge in [0.1, 0.15) is 0 Å². The molecule has 0 spiro atoms. The van der Waals surface area contributed by atoms with Gasteiger partial charge in [-0.1, -0.05) is 13.0 Å². The predicted molar refractivity (Wildman–Crippen MR) is 76.7 cm³/mol. The van der Waals surface area contributed by atoms with E-state index in [1.165, 1.54) is 6.20 Å². The summed E-state index contributed by atoms with van der Waals surface area (Å²) >= 11 is 0. The largest absolute Gasteiger partial charge is 0.490 e. The van der Waals surface area contributed by atoms with Gasteiger partial charge in [0.2, 0.25) is 0 Å². The number of halogens is 6. The molecule has 1 aromatic rings. The van der Waals surface area contributed by atoms with Crippen LogP contribution in [0, 0.1) is 0 Å². The molecule has 0 aliphatic carbocycles. The molecule has 26 heavy (non-hydrogen) atoms. The van der Waals surface area contributed by atoms with E-state index in [-0.39, 0.29) is 5.69 Å². The maximum absolute atomic E-state index is 12.7. The Labute approximate surface area is 144 Å². The number of carbonyl (C=O) groups excluding carboxylic acids is 2. The minimum atomic E-state index is -5.19. The summed E-state index contributed by atoms with van der Waals surface area (Å²) in [5, 5.41) is 0. The monoisotopic (exact) mass is 386 g/mol. The molecule has 0 unspecified atom stereocenters. The Balaban J connectivity index is 2.77. The van der Waals surface area contributed by atoms with Crippen LogP contribution in [0.4, 0.5) is 26.3 Å². The maximum Gasteiger partial charge on any atom is 0.490 e. The Morgan fingerprint density at radius 3 is 2.35 bits per heavy atom. The molecule has 0 atom stereocenters. The zero-order valence-electron chi connectivity index (χ0n) is 13.7. The van der Waals surface area contributed by atoms with Gasteiger partial charge in [0.15, 0.2) is 0 Å². The minimum absolute atomic E-state index is 0.250. The van der Waals surface area contributed by atoms with Crippen LogP contribution in [0.2, 0.25) is 0 Å². The molecule has 0 aliphatic heterocycles. The number of esters is 1. The van der Waals surface area contributed by atoms with Crippen LogP contribution in [-0.2, 0) is 27.3 Å². The molecule has 11 heteroatoms. The Morgan fingerprint density at radius 1 is 1.15 bits per heavy atom. The fraction of sp³-hybridized carbons (Fsp3) is 0.533. The summed E-state index contributed by atoms with van der Waals surface area (Å²) in [6, 6.07) is 3.23. The summed E-state index contributed by atoms with van der Waals surface area (Å²) in [4.78, 5) is 26.5. The topological polar surface area (TPSA) is 59.5 Å². The number of amides is 1. The van der Waals surface area contributed by atoms with Gasteiger partial charge in [-0.15, -0.1) is 0 Å². The molecule has 0 bridgehead atoms. The van der Waals surface area contributed by atoms with Crippen LogP contribution in [0.1, 0.15) is 24.6 Å². The van der Waals surface area contributed by atoms with E-state index in [4.69, 9.17) is 0 Å². The lowest BCUT2D eigenvalue weighted by molar-refractivity contribution is -0.200. The van der Waals surface area contributed by atoms with Gasteiger partial charge in [-0.05, 0) is 24.5 Å². The summed E-state index contributed by atoms with van der Waals surface area (Å²) in [6.07, 6.45) is -8.90. The van der Waals surface area contributed by atoms with Gasteiger partial charge in [-0.2, -0.15) is 26.3 Å². The van der Waals surface area contributed by atoms with Crippen LogP contribution >= 0.6 is 0 Å². The van der Waals surface area contributed by atoms with Gasteiger partial charge in [0.05, 0.1) is 18.8 Å². The standard InChI is InChI=1S/C15H16F6N2O3/c1-2-10-5-3-6-22-11(10)9-23(12(24)14(16,17)18)7-4-8-26-13(25)15(19,20)21/h3,5-6H,2,4,7-9H2,1H3. The first-order chi connectivity index (χ1) is 12.0. The van der Waals surface area contributed by atoms with Crippen molar-refractivity contribution in [1.29, 1.82) is 0 Å². The van der Waals surface area contributed by atoms with E-state index < -0.39 is 50.3 Å². The van der Waals surface area contributed by atoms with Crippen LogP contribution in [0.15, 0.2) is 18.3 Å². The molecule has 0 aliphatic rings. The zero-order valence-corrected chi connectivity index (χ0v) is 13.7. The first kappa shape index (κ1) is 21.7. The molecule has 0 radical (unpaired) electrons. The summed E-state index contributed by atoms with van der Waals surface area (Å²) in [5.41, 5.74) is 0.885. The molecule has 0 aromatic carbocycles. The van der Waals surface area contributed by atoms with Crippen LogP contribution in [-0.4, -0.2) is 47.3 Å². The van der Waals surface area contributed by atoms with Gasteiger partial charge in [-0.25, -0.2) is 4.79 Å². The molecule has 1 aromatic heterocycles. The lowest BCUT2D eigenvalue weighted by atomic mass is 10.1. The smallest absolute Gasteiger partial charge is 0.459 e. The number of aryl methyl sites for hydroxylation is 1. The Kier molecular flexibility index (Phi) is 7.40. The van der Waals surface area contributed by atoms with Crippen molar-refractivity contribution in [3.8, 4) is 0 Å². The summed E-state index contributed by atoms with van der Waals surface area (Å²) in [7, 11) is 0. The highest BCUT2D eigenvalue weighted by Crippen LogP contribution is 2.21. The summed E-state index contributed by atoms with van der Waals surface area (Å²) in [5.74, 6) is -4.59. The first-order valence-corrected chi connectivity index (χ1v) is 7.49. The predicted octanol–water partition coefficient (Wildman–Crippen LogP) is 3.03. The highest BCUT2D eigenvalue weighted by molar-refractivity contribution is 5.81. The highest BCUT2D eigenvalue weighted by atomic mass is 19.4. The summed E-state index contributed by atoms with van der Waals surface area (Å²) < 4.78 is 78.1. The van der Waals surface area contributed by atoms with Crippen LogP contribution in [0.5, 0.6) is 0 Å². The lowest BCUT2D eigenvalue weighted by Gasteiger charge is -2.24. The van der Waals surface area contributed by atoms with Gasteiger partial charge < -0.3 is 9.64 Å². The third-order valence-electron chi connectivity index (χ3n) is 3.27. The van der Waals surface area contributed by atoms with E-state index >= 15 is 0 Å². The fourth-order valence-corrected chi connectivity index (χ4v) is 2.05. The molecule has 1 amide bonds. The number of nitrogens with zero attached hydrogens (tertiary/aromatic N) is 2. The van der Waals surface area contributed by atoms with E-state index in [1.807, 2.05) is 0 Å². The van der Waals surface area contributed by atoms with E-state index in [0.717, 1.165) is 0 Å². The van der Waals surface area contributed by atoms with E-state index in [9.17, 15) is 35.9 Å². The van der Waals surface area contributed by atoms with Crippen molar-refractivity contribution < 1.29 is 40.7 Å². The van der Waals surface area contributed by atoms with Gasteiger partial charge in [0, 0.05) is 12.7 Å². The van der Waals surface area contributed by atoms with Crippen molar-refractivity contribution in [3.05, 3.63) is 29.6 Å². The molecule has 146 valence electrons. The van der Waals surface area contributed by atoms with Crippen molar-refractivity contribution in [2.75, 3.05) is 13.2 Å². The number of carbonyl (C=O) groups is 2. The molecule has 1 rings (SSSR count). The maximum atomic E-state index is 12.7. The van der Waals surface area contributed by atoms with Crippen molar-refractivity contribution in [3.63, 3.8) is 0 Å². The minimum Gasteiger partial charge on any atom is -0.459 e. The van der Waals surface area contributed by atoms with Crippen LogP contribution in [0.25, 0.3) is 0 Å². The van der Waals surface area contributed by atoms with Crippen LogP contribution < -0.4 is 0 Å². The van der Waals surface area contributed by atoms with Crippen LogP contribution in [0.3, 0.4) is 0 Å². The molecular formula is C15H16F6N2O3. The Hall–Kier alpha value is -2.33. The lowest BCUT2D eigenvalue weighted by Crippen LogP contribution is -2.42.